The molecule has 1 atom stereocenters. The molecule has 0 unspecified atom stereocenters. The minimum absolute atomic E-state index is 0.0160. The van der Waals surface area contributed by atoms with E-state index in [-0.39, 0.29) is 11.9 Å². The van der Waals surface area contributed by atoms with Crippen LogP contribution in [0.1, 0.15) is 29.7 Å². The Hall–Kier alpha value is -2.60. The zero-order valence-corrected chi connectivity index (χ0v) is 16.7. The van der Waals surface area contributed by atoms with Crippen molar-refractivity contribution in [2.24, 2.45) is 0 Å². The first-order valence-corrected chi connectivity index (χ1v) is 10.0. The maximum atomic E-state index is 12.5. The van der Waals surface area contributed by atoms with Crippen LogP contribution in [0.2, 0.25) is 0 Å². The lowest BCUT2D eigenvalue weighted by Gasteiger charge is -2.25. The van der Waals surface area contributed by atoms with Crippen LogP contribution in [-0.4, -0.2) is 38.4 Å². The first kappa shape index (κ1) is 19.2. The maximum absolute atomic E-state index is 12.5. The SMILES string of the molecule is Cc1ccc(CSCC(=O)N(C)[C@@H](C)c2ccc(-n3cncn3)cc2)cc1. The van der Waals surface area contributed by atoms with E-state index in [9.17, 15) is 4.79 Å². The molecule has 0 saturated carbocycles. The topological polar surface area (TPSA) is 51.0 Å². The van der Waals surface area contributed by atoms with E-state index in [0.717, 1.165) is 17.0 Å². The van der Waals surface area contributed by atoms with E-state index >= 15 is 0 Å². The molecule has 2 aromatic carbocycles. The molecule has 27 heavy (non-hydrogen) atoms. The highest BCUT2D eigenvalue weighted by Gasteiger charge is 2.17. The number of rotatable bonds is 7. The number of carbonyl (C=O) groups is 1. The standard InChI is InChI=1S/C21H24N4OS/c1-16-4-6-18(7-5-16)12-27-13-21(26)24(3)17(2)19-8-10-20(11-9-19)25-15-22-14-23-25/h4-11,14-15,17H,12-13H2,1-3H3/t17-/m0/s1. The maximum Gasteiger partial charge on any atom is 0.232 e. The monoisotopic (exact) mass is 380 g/mol. The molecule has 1 heterocycles. The van der Waals surface area contributed by atoms with Gasteiger partial charge in [-0.3, -0.25) is 4.79 Å². The summed E-state index contributed by atoms with van der Waals surface area (Å²) in [6.45, 7) is 4.13. The molecule has 0 aliphatic heterocycles. The van der Waals surface area contributed by atoms with Crippen LogP contribution in [0.5, 0.6) is 0 Å². The van der Waals surface area contributed by atoms with Crippen molar-refractivity contribution in [3.05, 3.63) is 77.9 Å². The summed E-state index contributed by atoms with van der Waals surface area (Å²) in [5.74, 6) is 1.46. The zero-order valence-electron chi connectivity index (χ0n) is 15.9. The fourth-order valence-corrected chi connectivity index (χ4v) is 3.64. The molecule has 0 saturated heterocycles. The van der Waals surface area contributed by atoms with Crippen molar-refractivity contribution < 1.29 is 4.79 Å². The summed E-state index contributed by atoms with van der Waals surface area (Å²) < 4.78 is 1.71. The van der Waals surface area contributed by atoms with Crippen LogP contribution in [0, 0.1) is 6.92 Å². The summed E-state index contributed by atoms with van der Waals surface area (Å²) in [6, 6.07) is 16.5. The Bertz CT molecular complexity index is 860. The molecule has 0 aliphatic carbocycles. The molecule has 140 valence electrons. The summed E-state index contributed by atoms with van der Waals surface area (Å²) in [7, 11) is 1.87. The van der Waals surface area contributed by atoms with Gasteiger partial charge in [0.15, 0.2) is 0 Å². The van der Waals surface area contributed by atoms with Crippen molar-refractivity contribution in [1.82, 2.24) is 19.7 Å². The Morgan fingerprint density at radius 3 is 2.48 bits per heavy atom. The van der Waals surface area contributed by atoms with E-state index in [1.165, 1.54) is 17.5 Å². The third-order valence-corrected chi connectivity index (χ3v) is 5.64. The van der Waals surface area contributed by atoms with E-state index in [1.54, 1.807) is 22.8 Å². The number of carbonyl (C=O) groups excluding carboxylic acids is 1. The van der Waals surface area contributed by atoms with Crippen LogP contribution in [0.4, 0.5) is 0 Å². The quantitative estimate of drug-likeness (QED) is 0.621. The van der Waals surface area contributed by atoms with Crippen LogP contribution in [0.3, 0.4) is 0 Å². The van der Waals surface area contributed by atoms with E-state index in [0.29, 0.717) is 5.75 Å². The molecule has 0 bridgehead atoms. The Labute approximate surface area is 164 Å². The van der Waals surface area contributed by atoms with Crippen LogP contribution in [0.25, 0.3) is 5.69 Å². The van der Waals surface area contributed by atoms with Gasteiger partial charge in [-0.05, 0) is 37.1 Å². The summed E-state index contributed by atoms with van der Waals surface area (Å²) in [5.41, 5.74) is 4.55. The smallest absolute Gasteiger partial charge is 0.232 e. The van der Waals surface area contributed by atoms with Crippen molar-refractivity contribution in [2.45, 2.75) is 25.6 Å². The molecule has 5 nitrogen and oxygen atoms in total. The second-order valence-electron chi connectivity index (χ2n) is 6.59. The molecule has 3 rings (SSSR count). The predicted octanol–water partition coefficient (Wildman–Crippen LogP) is 4.03. The Morgan fingerprint density at radius 2 is 1.85 bits per heavy atom. The van der Waals surface area contributed by atoms with Crippen molar-refractivity contribution in [1.29, 1.82) is 0 Å². The lowest BCUT2D eigenvalue weighted by molar-refractivity contribution is -0.128. The van der Waals surface area contributed by atoms with Crippen LogP contribution in [-0.2, 0) is 10.5 Å². The van der Waals surface area contributed by atoms with Gasteiger partial charge in [-0.1, -0.05) is 42.0 Å². The number of benzene rings is 2. The van der Waals surface area contributed by atoms with E-state index in [4.69, 9.17) is 0 Å². The molecule has 6 heteroatoms. The van der Waals surface area contributed by atoms with E-state index in [2.05, 4.69) is 41.3 Å². The largest absolute Gasteiger partial charge is 0.338 e. The van der Waals surface area contributed by atoms with Gasteiger partial charge < -0.3 is 4.90 Å². The molecular formula is C21H24N4OS. The Balaban J connectivity index is 1.53. The molecule has 0 fully saturated rings. The van der Waals surface area contributed by atoms with Crippen molar-refractivity contribution in [3.8, 4) is 5.69 Å². The van der Waals surface area contributed by atoms with Gasteiger partial charge in [-0.25, -0.2) is 9.67 Å². The molecule has 0 N–H and O–H groups in total. The number of aromatic nitrogens is 3. The molecule has 1 amide bonds. The van der Waals surface area contributed by atoms with Crippen LogP contribution < -0.4 is 0 Å². The highest BCUT2D eigenvalue weighted by atomic mass is 32.2. The summed E-state index contributed by atoms with van der Waals surface area (Å²) in [4.78, 5) is 18.3. The minimum Gasteiger partial charge on any atom is -0.338 e. The molecule has 0 aliphatic rings. The first-order valence-electron chi connectivity index (χ1n) is 8.88. The van der Waals surface area contributed by atoms with Gasteiger partial charge in [-0.15, -0.1) is 11.8 Å². The zero-order chi connectivity index (χ0) is 19.2. The minimum atomic E-state index is 0.0160. The number of aryl methyl sites for hydroxylation is 1. The predicted molar refractivity (Wildman–Crippen MR) is 110 cm³/mol. The van der Waals surface area contributed by atoms with E-state index < -0.39 is 0 Å². The summed E-state index contributed by atoms with van der Waals surface area (Å²) in [6.07, 6.45) is 3.18. The Morgan fingerprint density at radius 1 is 1.15 bits per heavy atom. The van der Waals surface area contributed by atoms with Gasteiger partial charge in [0.2, 0.25) is 5.91 Å². The number of hydrogen-bond acceptors (Lipinski definition) is 4. The van der Waals surface area contributed by atoms with Gasteiger partial charge in [0.1, 0.15) is 12.7 Å². The van der Waals surface area contributed by atoms with Gasteiger partial charge in [0, 0.05) is 12.8 Å². The molecule has 3 aromatic rings. The summed E-state index contributed by atoms with van der Waals surface area (Å²) in [5, 5.41) is 4.13. The van der Waals surface area contributed by atoms with Gasteiger partial charge in [0.25, 0.3) is 0 Å². The van der Waals surface area contributed by atoms with Gasteiger partial charge in [0.05, 0.1) is 17.5 Å². The fraction of sp³-hybridized carbons (Fsp3) is 0.286. The third-order valence-electron chi connectivity index (χ3n) is 4.65. The molecular weight excluding hydrogens is 356 g/mol. The van der Waals surface area contributed by atoms with Crippen molar-refractivity contribution >= 4 is 17.7 Å². The van der Waals surface area contributed by atoms with Crippen LogP contribution in [0.15, 0.2) is 61.2 Å². The lowest BCUT2D eigenvalue weighted by atomic mass is 10.1. The third kappa shape index (κ3) is 4.98. The van der Waals surface area contributed by atoms with Gasteiger partial charge >= 0.3 is 0 Å². The van der Waals surface area contributed by atoms with E-state index in [1.807, 2.05) is 43.1 Å². The number of hydrogen-bond donors (Lipinski definition) is 0. The number of nitrogens with zero attached hydrogens (tertiary/aromatic N) is 4. The van der Waals surface area contributed by atoms with Crippen molar-refractivity contribution in [2.75, 3.05) is 12.8 Å². The van der Waals surface area contributed by atoms with Crippen molar-refractivity contribution in [3.63, 3.8) is 0 Å². The summed E-state index contributed by atoms with van der Waals surface area (Å²) >= 11 is 1.65. The second kappa shape index (κ2) is 8.86. The lowest BCUT2D eigenvalue weighted by Crippen LogP contribution is -2.31. The molecule has 0 radical (unpaired) electrons. The molecule has 1 aromatic heterocycles. The average Bonchev–Trinajstić information content (AvgIpc) is 3.23. The average molecular weight is 381 g/mol. The Kier molecular flexibility index (Phi) is 6.29. The van der Waals surface area contributed by atoms with Crippen LogP contribution >= 0.6 is 11.8 Å². The molecule has 0 spiro atoms. The van der Waals surface area contributed by atoms with Gasteiger partial charge in [-0.2, -0.15) is 5.10 Å². The number of thioether (sulfide) groups is 1. The number of amides is 1. The first-order chi connectivity index (χ1) is 13.0. The highest BCUT2D eigenvalue weighted by molar-refractivity contribution is 7.99. The highest BCUT2D eigenvalue weighted by Crippen LogP contribution is 2.22. The second-order valence-corrected chi connectivity index (χ2v) is 7.58. The normalized spacial score (nSPS) is 12.0. The fourth-order valence-electron chi connectivity index (χ4n) is 2.73.